The van der Waals surface area contributed by atoms with Crippen molar-refractivity contribution >= 4 is 5.91 Å². The van der Waals surface area contributed by atoms with E-state index in [-0.39, 0.29) is 11.8 Å². The van der Waals surface area contributed by atoms with Gasteiger partial charge < -0.3 is 5.73 Å². The molecule has 4 heteroatoms. The van der Waals surface area contributed by atoms with Crippen molar-refractivity contribution < 1.29 is 4.79 Å². The number of hydrazine groups is 1. The van der Waals surface area contributed by atoms with Crippen LogP contribution in [0.15, 0.2) is 0 Å². The maximum absolute atomic E-state index is 12.0. The summed E-state index contributed by atoms with van der Waals surface area (Å²) in [5.41, 5.74) is 8.94. The van der Waals surface area contributed by atoms with Crippen molar-refractivity contribution in [3.63, 3.8) is 0 Å². The third-order valence-corrected chi connectivity index (χ3v) is 3.99. The zero-order valence-electron chi connectivity index (χ0n) is 11.6. The van der Waals surface area contributed by atoms with Crippen LogP contribution in [0.5, 0.6) is 0 Å². The van der Waals surface area contributed by atoms with Gasteiger partial charge in [0.05, 0.1) is 6.04 Å². The highest BCUT2D eigenvalue weighted by Crippen LogP contribution is 2.20. The predicted molar refractivity (Wildman–Crippen MR) is 70.2 cm³/mol. The minimum atomic E-state index is -0.402. The molecule has 1 aliphatic rings. The molecule has 1 saturated heterocycles. The van der Waals surface area contributed by atoms with Crippen LogP contribution < -0.4 is 11.2 Å². The zero-order chi connectivity index (χ0) is 13.0. The molecule has 0 aromatic carbocycles. The molecule has 0 saturated carbocycles. The lowest BCUT2D eigenvalue weighted by Crippen LogP contribution is -2.58. The molecule has 1 aliphatic heterocycles. The molecule has 1 heterocycles. The quantitative estimate of drug-likeness (QED) is 0.787. The van der Waals surface area contributed by atoms with Gasteiger partial charge >= 0.3 is 0 Å². The highest BCUT2D eigenvalue weighted by atomic mass is 16.2. The van der Waals surface area contributed by atoms with Crippen molar-refractivity contribution in [1.29, 1.82) is 0 Å². The number of piperidine rings is 1. The molecule has 100 valence electrons. The van der Waals surface area contributed by atoms with Gasteiger partial charge in [-0.1, -0.05) is 26.7 Å². The molecule has 0 bridgehead atoms. The van der Waals surface area contributed by atoms with E-state index < -0.39 is 6.04 Å². The number of hydrogen-bond acceptors (Lipinski definition) is 3. The molecule has 1 amide bonds. The summed E-state index contributed by atoms with van der Waals surface area (Å²) in [7, 11) is 0. The summed E-state index contributed by atoms with van der Waals surface area (Å²) < 4.78 is 0. The van der Waals surface area contributed by atoms with Crippen LogP contribution >= 0.6 is 0 Å². The number of carbonyl (C=O) groups excluding carboxylic acids is 1. The Kier molecular flexibility index (Phi) is 5.40. The monoisotopic (exact) mass is 241 g/mol. The number of rotatable bonds is 4. The number of hydrogen-bond donors (Lipinski definition) is 2. The summed E-state index contributed by atoms with van der Waals surface area (Å²) in [5, 5.41) is 2.08. The van der Waals surface area contributed by atoms with Gasteiger partial charge in [0.1, 0.15) is 0 Å². The van der Waals surface area contributed by atoms with Gasteiger partial charge in [-0.15, -0.1) is 0 Å². The normalized spacial score (nSPS) is 29.7. The lowest BCUT2D eigenvalue weighted by atomic mass is 9.98. The van der Waals surface area contributed by atoms with Gasteiger partial charge in [-0.2, -0.15) is 0 Å². The van der Waals surface area contributed by atoms with Gasteiger partial charge in [0.25, 0.3) is 5.91 Å². The summed E-state index contributed by atoms with van der Waals surface area (Å²) in [6, 6.07) is 0.417. The highest BCUT2D eigenvalue weighted by Gasteiger charge is 2.28. The smallest absolute Gasteiger partial charge is 0.251 e. The third-order valence-electron chi connectivity index (χ3n) is 3.99. The van der Waals surface area contributed by atoms with Crippen molar-refractivity contribution in [3.8, 4) is 0 Å². The Labute approximate surface area is 105 Å². The third kappa shape index (κ3) is 3.68. The fourth-order valence-electron chi connectivity index (χ4n) is 2.36. The molecule has 3 unspecified atom stereocenters. The first kappa shape index (κ1) is 14.5. The molecular formula is C13H27N3O. The maximum Gasteiger partial charge on any atom is 0.251 e. The highest BCUT2D eigenvalue weighted by molar-refractivity contribution is 5.81. The molecule has 0 aromatic heterocycles. The Hall–Kier alpha value is -0.610. The largest absolute Gasteiger partial charge is 0.320 e. The topological polar surface area (TPSA) is 58.4 Å². The minimum Gasteiger partial charge on any atom is -0.320 e. The molecule has 4 nitrogen and oxygen atoms in total. The van der Waals surface area contributed by atoms with Gasteiger partial charge in [-0.25, -0.2) is 5.01 Å². The molecule has 0 spiro atoms. The summed E-state index contributed by atoms with van der Waals surface area (Å²) >= 11 is 0. The predicted octanol–water partition coefficient (Wildman–Crippen LogP) is 1.65. The first-order valence-electron chi connectivity index (χ1n) is 6.81. The van der Waals surface area contributed by atoms with Crippen LogP contribution in [0, 0.1) is 5.92 Å². The molecular weight excluding hydrogens is 214 g/mol. The lowest BCUT2D eigenvalue weighted by molar-refractivity contribution is -0.131. The second kappa shape index (κ2) is 6.36. The summed E-state index contributed by atoms with van der Waals surface area (Å²) in [4.78, 5) is 12.0. The van der Waals surface area contributed by atoms with E-state index >= 15 is 0 Å². The van der Waals surface area contributed by atoms with Crippen LogP contribution in [0.2, 0.25) is 0 Å². The molecule has 1 fully saturated rings. The van der Waals surface area contributed by atoms with Crippen LogP contribution in [0.3, 0.4) is 0 Å². The first-order valence-corrected chi connectivity index (χ1v) is 6.81. The molecule has 0 radical (unpaired) electrons. The number of nitrogens with zero attached hydrogens (tertiary/aromatic N) is 1. The van der Waals surface area contributed by atoms with E-state index in [4.69, 9.17) is 5.73 Å². The molecule has 0 aromatic rings. The van der Waals surface area contributed by atoms with Gasteiger partial charge in [0.2, 0.25) is 0 Å². The molecule has 1 rings (SSSR count). The van der Waals surface area contributed by atoms with Crippen LogP contribution in [0.1, 0.15) is 53.4 Å². The Balaban J connectivity index is 2.54. The van der Waals surface area contributed by atoms with Crippen molar-refractivity contribution in [1.82, 2.24) is 10.4 Å². The minimum absolute atomic E-state index is 0.0417. The molecule has 0 aliphatic carbocycles. The second-order valence-corrected chi connectivity index (χ2v) is 5.42. The van der Waals surface area contributed by atoms with E-state index in [0.29, 0.717) is 12.1 Å². The number of amides is 1. The van der Waals surface area contributed by atoms with Gasteiger partial charge in [0, 0.05) is 12.1 Å². The average Bonchev–Trinajstić information content (AvgIpc) is 2.31. The van der Waals surface area contributed by atoms with Crippen LogP contribution in [0.25, 0.3) is 0 Å². The van der Waals surface area contributed by atoms with Gasteiger partial charge in [-0.3, -0.25) is 10.2 Å². The first-order chi connectivity index (χ1) is 7.97. The molecule has 4 atom stereocenters. The van der Waals surface area contributed by atoms with Crippen molar-refractivity contribution in [2.75, 3.05) is 0 Å². The average molecular weight is 241 g/mol. The van der Waals surface area contributed by atoms with Crippen molar-refractivity contribution in [2.24, 2.45) is 11.7 Å². The standard InChI is InChI=1S/C13H27N3O/c1-5-9(2)12(14)13(17)15-16-10(3)7-6-8-11(16)4/h9-12H,5-8,14H2,1-4H3,(H,15,17)/t9?,10?,11?,12-/m0/s1. The number of carbonyl (C=O) groups is 1. The van der Waals surface area contributed by atoms with Gasteiger partial charge in [0.15, 0.2) is 0 Å². The Morgan fingerprint density at radius 2 is 1.94 bits per heavy atom. The molecule has 3 N–H and O–H groups in total. The zero-order valence-corrected chi connectivity index (χ0v) is 11.6. The van der Waals surface area contributed by atoms with Crippen LogP contribution in [-0.2, 0) is 4.79 Å². The van der Waals surface area contributed by atoms with Crippen molar-refractivity contribution in [3.05, 3.63) is 0 Å². The Bertz CT molecular complexity index is 247. The number of nitrogens with one attached hydrogen (secondary N) is 1. The van der Waals surface area contributed by atoms with E-state index in [9.17, 15) is 4.79 Å². The fraction of sp³-hybridized carbons (Fsp3) is 0.923. The van der Waals surface area contributed by atoms with E-state index in [2.05, 4.69) is 31.2 Å². The van der Waals surface area contributed by atoms with E-state index in [1.165, 1.54) is 6.42 Å². The second-order valence-electron chi connectivity index (χ2n) is 5.42. The summed E-state index contributed by atoms with van der Waals surface area (Å²) in [6.07, 6.45) is 4.46. The number of nitrogens with two attached hydrogens (primary N) is 1. The van der Waals surface area contributed by atoms with Crippen molar-refractivity contribution in [2.45, 2.75) is 71.5 Å². The SMILES string of the molecule is CCC(C)[C@H](N)C(=O)NN1C(C)CCCC1C. The van der Waals surface area contributed by atoms with Crippen LogP contribution in [-0.4, -0.2) is 29.0 Å². The van der Waals surface area contributed by atoms with E-state index in [1.807, 2.05) is 6.92 Å². The van der Waals surface area contributed by atoms with Gasteiger partial charge in [-0.05, 0) is 32.6 Å². The lowest BCUT2D eigenvalue weighted by Gasteiger charge is -2.39. The van der Waals surface area contributed by atoms with E-state index in [0.717, 1.165) is 19.3 Å². The van der Waals surface area contributed by atoms with Crippen LogP contribution in [0.4, 0.5) is 0 Å². The summed E-state index contributed by atoms with van der Waals surface area (Å²) in [6.45, 7) is 8.40. The summed E-state index contributed by atoms with van der Waals surface area (Å²) in [5.74, 6) is 0.186. The van der Waals surface area contributed by atoms with E-state index in [1.54, 1.807) is 0 Å². The maximum atomic E-state index is 12.0. The fourth-order valence-corrected chi connectivity index (χ4v) is 2.36. The Morgan fingerprint density at radius 1 is 1.41 bits per heavy atom. The molecule has 17 heavy (non-hydrogen) atoms. The Morgan fingerprint density at radius 3 is 2.41 bits per heavy atom.